The molecule has 0 aromatic carbocycles. The zero-order chi connectivity index (χ0) is 12.0. The first-order valence-corrected chi connectivity index (χ1v) is 5.53. The van der Waals surface area contributed by atoms with Crippen LogP contribution in [0.5, 0.6) is 0 Å². The van der Waals surface area contributed by atoms with Gasteiger partial charge in [-0.1, -0.05) is 0 Å². The van der Waals surface area contributed by atoms with Crippen molar-refractivity contribution in [3.63, 3.8) is 0 Å². The number of aliphatic hydroxyl groups is 1. The lowest BCUT2D eigenvalue weighted by molar-refractivity contribution is 0.137. The molecule has 1 unspecified atom stereocenters. The molecule has 1 rings (SSSR count). The third-order valence-corrected chi connectivity index (χ3v) is 2.07. The van der Waals surface area contributed by atoms with Crippen molar-refractivity contribution in [3.05, 3.63) is 18.1 Å². The number of hydrogen-bond donors (Lipinski definition) is 2. The molecule has 5 nitrogen and oxygen atoms in total. The Bertz CT molecular complexity index is 299. The predicted molar refractivity (Wildman–Crippen MR) is 64.2 cm³/mol. The van der Waals surface area contributed by atoms with Crippen molar-refractivity contribution in [2.45, 2.75) is 26.5 Å². The van der Waals surface area contributed by atoms with Crippen molar-refractivity contribution in [2.24, 2.45) is 0 Å². The summed E-state index contributed by atoms with van der Waals surface area (Å²) < 4.78 is 0. The summed E-state index contributed by atoms with van der Waals surface area (Å²) >= 11 is 0. The molecule has 0 aliphatic carbocycles. The zero-order valence-corrected chi connectivity index (χ0v) is 10.1. The van der Waals surface area contributed by atoms with Crippen LogP contribution in [0.25, 0.3) is 0 Å². The standard InChI is InChI=1S/C11H20N4O/c1-4-12-11-6-13-10(5-14-11)8-15(3)7-9(2)16/h5-6,9,16H,4,7-8H2,1-3H3,(H,12,14). The van der Waals surface area contributed by atoms with Gasteiger partial charge in [0.2, 0.25) is 0 Å². The highest BCUT2D eigenvalue weighted by Crippen LogP contribution is 2.03. The molecule has 16 heavy (non-hydrogen) atoms. The number of anilines is 1. The second kappa shape index (κ2) is 6.40. The molecule has 0 saturated heterocycles. The molecule has 0 radical (unpaired) electrons. The number of aliphatic hydroxyl groups excluding tert-OH is 1. The fraction of sp³-hybridized carbons (Fsp3) is 0.636. The maximum absolute atomic E-state index is 9.23. The largest absolute Gasteiger partial charge is 0.392 e. The Hall–Kier alpha value is -1.20. The van der Waals surface area contributed by atoms with Gasteiger partial charge in [0.05, 0.1) is 24.2 Å². The lowest BCUT2D eigenvalue weighted by Crippen LogP contribution is -2.27. The van der Waals surface area contributed by atoms with Gasteiger partial charge in [0.15, 0.2) is 0 Å². The van der Waals surface area contributed by atoms with Crippen LogP contribution in [0.3, 0.4) is 0 Å². The number of hydrogen-bond acceptors (Lipinski definition) is 5. The van der Waals surface area contributed by atoms with Crippen molar-refractivity contribution < 1.29 is 5.11 Å². The van der Waals surface area contributed by atoms with Crippen LogP contribution in [0, 0.1) is 0 Å². The highest BCUT2D eigenvalue weighted by atomic mass is 16.3. The molecule has 1 heterocycles. The Balaban J connectivity index is 2.48. The first-order valence-electron chi connectivity index (χ1n) is 5.53. The van der Waals surface area contributed by atoms with Gasteiger partial charge in [-0.2, -0.15) is 0 Å². The summed E-state index contributed by atoms with van der Waals surface area (Å²) in [4.78, 5) is 10.5. The molecule has 90 valence electrons. The van der Waals surface area contributed by atoms with Gasteiger partial charge in [-0.05, 0) is 20.9 Å². The number of nitrogens with one attached hydrogen (secondary N) is 1. The van der Waals surface area contributed by atoms with E-state index in [-0.39, 0.29) is 6.10 Å². The number of aromatic nitrogens is 2. The van der Waals surface area contributed by atoms with Gasteiger partial charge in [0.1, 0.15) is 5.82 Å². The summed E-state index contributed by atoms with van der Waals surface area (Å²) in [5, 5.41) is 12.3. The number of likely N-dealkylation sites (N-methyl/N-ethyl adjacent to an activating group) is 1. The van der Waals surface area contributed by atoms with Gasteiger partial charge in [-0.15, -0.1) is 0 Å². The van der Waals surface area contributed by atoms with Gasteiger partial charge in [0.25, 0.3) is 0 Å². The molecule has 1 atom stereocenters. The van der Waals surface area contributed by atoms with E-state index in [1.54, 1.807) is 19.3 Å². The van der Waals surface area contributed by atoms with E-state index < -0.39 is 0 Å². The molecule has 0 aliphatic heterocycles. The molecular formula is C11H20N4O. The van der Waals surface area contributed by atoms with Crippen molar-refractivity contribution in [3.8, 4) is 0 Å². The summed E-state index contributed by atoms with van der Waals surface area (Å²) in [6.45, 7) is 5.97. The van der Waals surface area contributed by atoms with E-state index in [1.165, 1.54) is 0 Å². The molecule has 5 heteroatoms. The summed E-state index contributed by atoms with van der Waals surface area (Å²) in [5.41, 5.74) is 0.907. The average molecular weight is 224 g/mol. The van der Waals surface area contributed by atoms with E-state index in [9.17, 15) is 5.11 Å². The Morgan fingerprint density at radius 3 is 2.69 bits per heavy atom. The Morgan fingerprint density at radius 1 is 1.44 bits per heavy atom. The third-order valence-electron chi connectivity index (χ3n) is 2.07. The molecule has 2 N–H and O–H groups in total. The molecular weight excluding hydrogens is 204 g/mol. The second-order valence-electron chi connectivity index (χ2n) is 3.97. The van der Waals surface area contributed by atoms with Crippen LogP contribution < -0.4 is 5.32 Å². The van der Waals surface area contributed by atoms with Crippen LogP contribution in [0.4, 0.5) is 5.82 Å². The minimum absolute atomic E-state index is 0.320. The lowest BCUT2D eigenvalue weighted by atomic mass is 10.3. The molecule has 1 aromatic rings. The van der Waals surface area contributed by atoms with E-state index in [0.29, 0.717) is 13.1 Å². The maximum Gasteiger partial charge on any atom is 0.144 e. The van der Waals surface area contributed by atoms with Gasteiger partial charge in [-0.25, -0.2) is 4.98 Å². The van der Waals surface area contributed by atoms with E-state index >= 15 is 0 Å². The molecule has 0 bridgehead atoms. The lowest BCUT2D eigenvalue weighted by Gasteiger charge is -2.17. The summed E-state index contributed by atoms with van der Waals surface area (Å²) in [6.07, 6.45) is 3.17. The molecule has 0 aliphatic rings. The van der Waals surface area contributed by atoms with Crippen molar-refractivity contribution in [1.82, 2.24) is 14.9 Å². The molecule has 0 fully saturated rings. The van der Waals surface area contributed by atoms with Crippen LogP contribution in [-0.2, 0) is 6.54 Å². The molecule has 1 aromatic heterocycles. The topological polar surface area (TPSA) is 61.3 Å². The Labute approximate surface area is 96.5 Å². The van der Waals surface area contributed by atoms with Crippen molar-refractivity contribution >= 4 is 5.82 Å². The fourth-order valence-corrected chi connectivity index (χ4v) is 1.50. The highest BCUT2D eigenvalue weighted by Gasteiger charge is 2.05. The normalized spacial score (nSPS) is 12.8. The minimum Gasteiger partial charge on any atom is -0.392 e. The van der Waals surface area contributed by atoms with Gasteiger partial charge in [0, 0.05) is 19.6 Å². The van der Waals surface area contributed by atoms with Crippen LogP contribution in [0.2, 0.25) is 0 Å². The van der Waals surface area contributed by atoms with E-state index in [0.717, 1.165) is 18.1 Å². The van der Waals surface area contributed by atoms with Gasteiger partial charge < -0.3 is 10.4 Å². The van der Waals surface area contributed by atoms with Gasteiger partial charge in [-0.3, -0.25) is 9.88 Å². The minimum atomic E-state index is -0.320. The fourth-order valence-electron chi connectivity index (χ4n) is 1.50. The maximum atomic E-state index is 9.23. The summed E-state index contributed by atoms with van der Waals surface area (Å²) in [5.74, 6) is 0.796. The smallest absolute Gasteiger partial charge is 0.144 e. The van der Waals surface area contributed by atoms with Crippen molar-refractivity contribution in [2.75, 3.05) is 25.5 Å². The van der Waals surface area contributed by atoms with E-state index in [2.05, 4.69) is 15.3 Å². The molecule has 0 saturated carbocycles. The van der Waals surface area contributed by atoms with Crippen LogP contribution in [-0.4, -0.2) is 46.2 Å². The summed E-state index contributed by atoms with van der Waals surface area (Å²) in [7, 11) is 1.95. The third kappa shape index (κ3) is 4.55. The molecule has 0 amide bonds. The first kappa shape index (κ1) is 12.9. The monoisotopic (exact) mass is 224 g/mol. The van der Waals surface area contributed by atoms with Crippen LogP contribution >= 0.6 is 0 Å². The number of nitrogens with zero attached hydrogens (tertiary/aromatic N) is 3. The Kier molecular flexibility index (Phi) is 5.14. The van der Waals surface area contributed by atoms with Gasteiger partial charge >= 0.3 is 0 Å². The first-order chi connectivity index (χ1) is 7.61. The average Bonchev–Trinajstić information content (AvgIpc) is 2.20. The summed E-state index contributed by atoms with van der Waals surface area (Å²) in [6, 6.07) is 0. The predicted octanol–water partition coefficient (Wildman–Crippen LogP) is 0.721. The Morgan fingerprint density at radius 2 is 2.19 bits per heavy atom. The van der Waals surface area contributed by atoms with Crippen LogP contribution in [0.1, 0.15) is 19.5 Å². The second-order valence-corrected chi connectivity index (χ2v) is 3.97. The van der Waals surface area contributed by atoms with E-state index in [4.69, 9.17) is 0 Å². The highest BCUT2D eigenvalue weighted by molar-refractivity contribution is 5.30. The van der Waals surface area contributed by atoms with Crippen LogP contribution in [0.15, 0.2) is 12.4 Å². The zero-order valence-electron chi connectivity index (χ0n) is 10.1. The number of rotatable bonds is 6. The molecule has 0 spiro atoms. The van der Waals surface area contributed by atoms with E-state index in [1.807, 2.05) is 18.9 Å². The quantitative estimate of drug-likeness (QED) is 0.745. The SMILES string of the molecule is CCNc1cnc(CN(C)CC(C)O)cn1. The van der Waals surface area contributed by atoms with Crippen molar-refractivity contribution in [1.29, 1.82) is 0 Å².